The number of allylic oxidation sites excluding steroid dienone is 4. The summed E-state index contributed by atoms with van der Waals surface area (Å²) in [4.78, 5) is 0. The van der Waals surface area contributed by atoms with Crippen LogP contribution in [-0.2, 0) is 0 Å². The highest BCUT2D eigenvalue weighted by atomic mass is 35.5. The number of halogens is 1. The Kier molecular flexibility index (Phi) is 14.7. The maximum Gasteiger partial charge on any atom is 0.0594 e. The number of nitrogens with one attached hydrogen (secondary N) is 1. The van der Waals surface area contributed by atoms with Crippen molar-refractivity contribution >= 4 is 12.4 Å². The Morgan fingerprint density at radius 1 is 0.714 bits per heavy atom. The van der Waals surface area contributed by atoms with Crippen LogP contribution in [-0.4, -0.2) is 17.8 Å². The summed E-state index contributed by atoms with van der Waals surface area (Å²) in [6, 6.07) is 32.6. The van der Waals surface area contributed by atoms with Gasteiger partial charge in [0.05, 0.1) is 6.10 Å². The van der Waals surface area contributed by atoms with E-state index in [-0.39, 0.29) is 23.9 Å². The molecular formula is C53H76ClNO. The first-order valence-corrected chi connectivity index (χ1v) is 22.1. The first-order valence-electron chi connectivity index (χ1n) is 22.1. The first kappa shape index (κ1) is 44.5. The smallest absolute Gasteiger partial charge is 0.0594 e. The fraction of sp³-hybridized carbons (Fsp3) is 0.585. The van der Waals surface area contributed by atoms with Crippen molar-refractivity contribution in [3.8, 4) is 0 Å². The predicted molar refractivity (Wildman–Crippen MR) is 242 cm³/mol. The van der Waals surface area contributed by atoms with Crippen LogP contribution < -0.4 is 5.32 Å². The monoisotopic (exact) mass is 778 g/mol. The van der Waals surface area contributed by atoms with Crippen molar-refractivity contribution in [2.45, 2.75) is 151 Å². The molecule has 0 aliphatic heterocycles. The van der Waals surface area contributed by atoms with Crippen molar-refractivity contribution in [2.24, 2.45) is 39.4 Å². The lowest BCUT2D eigenvalue weighted by Crippen LogP contribution is -2.55. The van der Waals surface area contributed by atoms with Crippen molar-refractivity contribution in [2.75, 3.05) is 6.54 Å². The molecule has 306 valence electrons. The SMILES string of the molecule is CC(C)=CCCC(C)C1CCC2(C)C3=C(CCC12C)C1(C)CCC(O)C(C)(C)C1CC3.CC(NCCC(c1ccccc1)c1ccccc1)c1ccccc1.Cl. The Bertz CT molecular complexity index is 1700. The van der Waals surface area contributed by atoms with Crippen LogP contribution in [0.15, 0.2) is 114 Å². The summed E-state index contributed by atoms with van der Waals surface area (Å²) >= 11 is 0. The van der Waals surface area contributed by atoms with Crippen LogP contribution in [0, 0.1) is 39.4 Å². The third-order valence-electron chi connectivity index (χ3n) is 16.2. The zero-order valence-electron chi connectivity index (χ0n) is 36.5. The number of aliphatic hydroxyl groups excluding tert-OH is 1. The number of aliphatic hydroxyl groups is 1. The number of hydrogen-bond acceptors (Lipinski definition) is 2. The molecule has 2 N–H and O–H groups in total. The summed E-state index contributed by atoms with van der Waals surface area (Å²) in [5, 5.41) is 14.5. The molecule has 0 amide bonds. The molecule has 2 fully saturated rings. The standard InChI is InChI=1S/C30H50O.C23H25N.ClH/c1-20(2)10-9-11-21(3)22-14-18-30(8)24-12-13-25-27(4,5)26(31)16-17-28(25,6)23(24)15-19-29(22,30)7;1-19(20-11-5-2-6-12-20)24-18-17-23(21-13-7-3-8-14-21)22-15-9-4-10-16-22;/h10,21-22,25-26,31H,9,11-19H2,1-8H3;2-16,19,23-24H,17-18H2,1H3;1H. The molecule has 8 atom stereocenters. The predicted octanol–water partition coefficient (Wildman–Crippen LogP) is 14.5. The van der Waals surface area contributed by atoms with Crippen LogP contribution in [0.3, 0.4) is 0 Å². The van der Waals surface area contributed by atoms with Gasteiger partial charge < -0.3 is 10.4 Å². The molecule has 0 aromatic heterocycles. The largest absolute Gasteiger partial charge is 0.393 e. The van der Waals surface area contributed by atoms with Gasteiger partial charge in [0, 0.05) is 12.0 Å². The Labute approximate surface area is 348 Å². The number of benzene rings is 3. The fourth-order valence-electron chi connectivity index (χ4n) is 12.7. The Morgan fingerprint density at radius 2 is 1.29 bits per heavy atom. The zero-order valence-corrected chi connectivity index (χ0v) is 37.4. The average Bonchev–Trinajstić information content (AvgIpc) is 3.47. The minimum atomic E-state index is -0.130. The number of fused-ring (bicyclic) bond motifs is 4. The molecule has 0 saturated heterocycles. The lowest BCUT2D eigenvalue weighted by molar-refractivity contribution is -0.0962. The lowest BCUT2D eigenvalue weighted by atomic mass is 9.43. The van der Waals surface area contributed by atoms with Crippen molar-refractivity contribution in [1.29, 1.82) is 0 Å². The van der Waals surface area contributed by atoms with Crippen LogP contribution in [0.25, 0.3) is 0 Å². The molecule has 8 unspecified atom stereocenters. The van der Waals surface area contributed by atoms with Crippen molar-refractivity contribution in [1.82, 2.24) is 5.32 Å². The molecule has 2 saturated carbocycles. The first-order chi connectivity index (χ1) is 26.2. The van der Waals surface area contributed by atoms with Crippen LogP contribution in [0.5, 0.6) is 0 Å². The van der Waals surface area contributed by atoms with Gasteiger partial charge in [-0.1, -0.05) is 155 Å². The molecule has 4 aliphatic rings. The molecule has 56 heavy (non-hydrogen) atoms. The van der Waals surface area contributed by atoms with E-state index in [0.29, 0.717) is 34.1 Å². The topological polar surface area (TPSA) is 32.3 Å². The third kappa shape index (κ3) is 8.84. The highest BCUT2D eigenvalue weighted by Gasteiger charge is 2.63. The van der Waals surface area contributed by atoms with Gasteiger partial charge in [-0.25, -0.2) is 0 Å². The Morgan fingerprint density at radius 3 is 1.86 bits per heavy atom. The molecule has 2 nitrogen and oxygen atoms in total. The third-order valence-corrected chi connectivity index (χ3v) is 16.2. The van der Waals surface area contributed by atoms with E-state index in [1.54, 1.807) is 0 Å². The summed E-state index contributed by atoms with van der Waals surface area (Å²) in [6.45, 7) is 22.9. The number of hydrogen-bond donors (Lipinski definition) is 2. The molecule has 4 aliphatic carbocycles. The van der Waals surface area contributed by atoms with E-state index in [2.05, 4.69) is 165 Å². The van der Waals surface area contributed by atoms with E-state index in [1.807, 2.05) is 11.1 Å². The normalized spacial score (nSPS) is 30.1. The molecule has 0 bridgehead atoms. The second kappa shape index (κ2) is 18.5. The summed E-state index contributed by atoms with van der Waals surface area (Å²) in [6.07, 6.45) is 16.3. The number of rotatable bonds is 11. The van der Waals surface area contributed by atoms with Crippen molar-refractivity contribution < 1.29 is 5.11 Å². The second-order valence-corrected chi connectivity index (χ2v) is 19.8. The average molecular weight is 779 g/mol. The Hall–Kier alpha value is -2.65. The second-order valence-electron chi connectivity index (χ2n) is 19.8. The van der Waals surface area contributed by atoms with E-state index >= 15 is 0 Å². The molecule has 0 heterocycles. The van der Waals surface area contributed by atoms with Gasteiger partial charge in [-0.05, 0) is 154 Å². The Balaban J connectivity index is 0.000000217. The lowest BCUT2D eigenvalue weighted by Gasteiger charge is -2.62. The molecular weight excluding hydrogens is 702 g/mol. The minimum absolute atomic E-state index is 0. The van der Waals surface area contributed by atoms with Gasteiger partial charge in [-0.2, -0.15) is 0 Å². The van der Waals surface area contributed by atoms with E-state index < -0.39 is 0 Å². The quantitative estimate of drug-likeness (QED) is 0.190. The molecule has 3 aromatic rings. The van der Waals surface area contributed by atoms with Crippen LogP contribution in [0.4, 0.5) is 0 Å². The zero-order chi connectivity index (χ0) is 39.4. The maximum atomic E-state index is 10.8. The molecule has 7 rings (SSSR count). The molecule has 3 aromatic carbocycles. The van der Waals surface area contributed by atoms with Crippen LogP contribution in [0.1, 0.15) is 162 Å². The van der Waals surface area contributed by atoms with Gasteiger partial charge in [0.1, 0.15) is 0 Å². The highest BCUT2D eigenvalue weighted by Crippen LogP contribution is 2.72. The van der Waals surface area contributed by atoms with Gasteiger partial charge in [0.2, 0.25) is 0 Å². The minimum Gasteiger partial charge on any atom is -0.393 e. The van der Waals surface area contributed by atoms with Crippen LogP contribution in [0.2, 0.25) is 0 Å². The maximum absolute atomic E-state index is 10.8. The molecule has 0 spiro atoms. The van der Waals surface area contributed by atoms with E-state index in [1.165, 1.54) is 80.1 Å². The van der Waals surface area contributed by atoms with Gasteiger partial charge >= 0.3 is 0 Å². The van der Waals surface area contributed by atoms with E-state index in [4.69, 9.17) is 0 Å². The van der Waals surface area contributed by atoms with Gasteiger partial charge in [-0.15, -0.1) is 12.4 Å². The van der Waals surface area contributed by atoms with Gasteiger partial charge in [0.15, 0.2) is 0 Å². The molecule has 0 radical (unpaired) electrons. The summed E-state index contributed by atoms with van der Waals surface area (Å²) in [5.74, 6) is 2.76. The van der Waals surface area contributed by atoms with Crippen molar-refractivity contribution in [3.63, 3.8) is 0 Å². The van der Waals surface area contributed by atoms with Crippen molar-refractivity contribution in [3.05, 3.63) is 130 Å². The van der Waals surface area contributed by atoms with Gasteiger partial charge in [0.25, 0.3) is 0 Å². The van der Waals surface area contributed by atoms with E-state index in [9.17, 15) is 5.11 Å². The molecule has 3 heteroatoms. The van der Waals surface area contributed by atoms with Gasteiger partial charge in [-0.3, -0.25) is 0 Å². The summed E-state index contributed by atoms with van der Waals surface area (Å²) in [5.41, 5.74) is 10.5. The van der Waals surface area contributed by atoms with Crippen LogP contribution >= 0.6 is 12.4 Å². The fourth-order valence-corrected chi connectivity index (χ4v) is 12.7. The van der Waals surface area contributed by atoms with E-state index in [0.717, 1.165) is 31.2 Å². The summed E-state index contributed by atoms with van der Waals surface area (Å²) in [7, 11) is 0. The highest BCUT2D eigenvalue weighted by molar-refractivity contribution is 5.85. The summed E-state index contributed by atoms with van der Waals surface area (Å²) < 4.78 is 0.